The maximum atomic E-state index is 13.5. The van der Waals surface area contributed by atoms with E-state index in [1.165, 1.54) is 0 Å². The van der Waals surface area contributed by atoms with Gasteiger partial charge in [0.2, 0.25) is 5.91 Å². The molecule has 31 heavy (non-hydrogen) atoms. The molecule has 0 aromatic rings. The molecule has 0 aromatic carbocycles. The van der Waals surface area contributed by atoms with Crippen LogP contribution in [0.4, 0.5) is 0 Å². The summed E-state index contributed by atoms with van der Waals surface area (Å²) in [6.45, 7) is 18.8. The van der Waals surface area contributed by atoms with Crippen molar-refractivity contribution in [2.24, 2.45) is 33.6 Å². The van der Waals surface area contributed by atoms with E-state index in [-0.39, 0.29) is 24.6 Å². The third-order valence-electron chi connectivity index (χ3n) is 7.49. The molecule has 0 aromatic heterocycles. The molecule has 182 valence electrons. The van der Waals surface area contributed by atoms with E-state index in [0.29, 0.717) is 19.4 Å². The quantitative estimate of drug-likeness (QED) is 0.377. The van der Waals surface area contributed by atoms with Gasteiger partial charge in [-0.1, -0.05) is 27.7 Å². The summed E-state index contributed by atoms with van der Waals surface area (Å²) in [6, 6.07) is 0. The number of ether oxygens (including phenoxy) is 2. The Balaban J connectivity index is 3.36. The molecule has 3 atom stereocenters. The SMILES string of the molecule is CN(C)C(=O)C(CC(C)(C)C(C)(C)C(C)(CC(C)(C)N)C(=O)OCC1CO1)C(C)(C)N. The van der Waals surface area contributed by atoms with Crippen molar-refractivity contribution in [3.05, 3.63) is 0 Å². The lowest BCUT2D eigenvalue weighted by atomic mass is 9.49. The zero-order valence-electron chi connectivity index (χ0n) is 21.7. The number of carbonyl (C=O) groups excluding carboxylic acids is 2. The number of esters is 1. The van der Waals surface area contributed by atoms with Crippen LogP contribution in [0.25, 0.3) is 0 Å². The summed E-state index contributed by atoms with van der Waals surface area (Å²) in [5.74, 6) is -0.685. The molecule has 4 N–H and O–H groups in total. The average molecular weight is 442 g/mol. The van der Waals surface area contributed by atoms with Crippen LogP contribution in [0.15, 0.2) is 0 Å². The molecule has 1 fully saturated rings. The Bertz CT molecular complexity index is 655. The number of nitrogens with zero attached hydrogens (tertiary/aromatic N) is 1. The van der Waals surface area contributed by atoms with E-state index >= 15 is 0 Å². The number of hydrogen-bond donors (Lipinski definition) is 2. The van der Waals surface area contributed by atoms with Gasteiger partial charge in [0.1, 0.15) is 12.7 Å². The van der Waals surface area contributed by atoms with Crippen molar-refractivity contribution in [3.8, 4) is 0 Å². The second kappa shape index (κ2) is 8.99. The van der Waals surface area contributed by atoms with Crippen LogP contribution in [-0.2, 0) is 19.1 Å². The number of nitrogens with two attached hydrogens (primary N) is 2. The maximum Gasteiger partial charge on any atom is 0.312 e. The Kier molecular flexibility index (Phi) is 8.07. The number of epoxide rings is 1. The number of carbonyl (C=O) groups is 2. The van der Waals surface area contributed by atoms with E-state index < -0.39 is 33.2 Å². The molecule has 1 aliphatic heterocycles. The first kappa shape index (κ1) is 27.9. The number of rotatable bonds is 11. The minimum Gasteiger partial charge on any atom is -0.462 e. The van der Waals surface area contributed by atoms with E-state index in [0.717, 1.165) is 0 Å². The molecule has 0 saturated carbocycles. The average Bonchev–Trinajstić information content (AvgIpc) is 3.38. The van der Waals surface area contributed by atoms with E-state index in [2.05, 4.69) is 27.7 Å². The van der Waals surface area contributed by atoms with Gasteiger partial charge in [-0.2, -0.15) is 0 Å². The molecular weight excluding hydrogens is 394 g/mol. The molecule has 1 aliphatic rings. The van der Waals surface area contributed by atoms with Gasteiger partial charge in [-0.15, -0.1) is 0 Å². The predicted octanol–water partition coefficient (Wildman–Crippen LogP) is 2.95. The number of amides is 1. The zero-order chi connectivity index (χ0) is 24.6. The first-order valence-electron chi connectivity index (χ1n) is 11.2. The van der Waals surface area contributed by atoms with Crippen molar-refractivity contribution in [1.29, 1.82) is 0 Å². The van der Waals surface area contributed by atoms with E-state index in [1.807, 2.05) is 34.6 Å². The van der Waals surface area contributed by atoms with E-state index in [9.17, 15) is 9.59 Å². The Morgan fingerprint density at radius 2 is 1.52 bits per heavy atom. The van der Waals surface area contributed by atoms with Crippen LogP contribution in [0, 0.1) is 22.2 Å². The third-order valence-corrected chi connectivity index (χ3v) is 7.49. The maximum absolute atomic E-state index is 13.5. The van der Waals surface area contributed by atoms with Gasteiger partial charge in [0.05, 0.1) is 17.9 Å². The summed E-state index contributed by atoms with van der Waals surface area (Å²) < 4.78 is 10.9. The topological polar surface area (TPSA) is 111 Å². The zero-order valence-corrected chi connectivity index (χ0v) is 21.7. The third kappa shape index (κ3) is 6.65. The van der Waals surface area contributed by atoms with Crippen molar-refractivity contribution in [3.63, 3.8) is 0 Å². The minimum atomic E-state index is -0.881. The van der Waals surface area contributed by atoms with Crippen molar-refractivity contribution in [2.75, 3.05) is 27.3 Å². The molecule has 1 amide bonds. The molecule has 0 spiro atoms. The van der Waals surface area contributed by atoms with Crippen LogP contribution < -0.4 is 11.5 Å². The van der Waals surface area contributed by atoms with Gasteiger partial charge in [0.25, 0.3) is 0 Å². The first-order valence-corrected chi connectivity index (χ1v) is 11.2. The Hall–Kier alpha value is -1.18. The highest BCUT2D eigenvalue weighted by Crippen LogP contribution is 2.57. The summed E-state index contributed by atoms with van der Waals surface area (Å²) in [5.41, 5.74) is 9.70. The van der Waals surface area contributed by atoms with Crippen LogP contribution in [0.1, 0.15) is 75.2 Å². The standard InChI is InChI=1S/C24H47N3O4/c1-20(2,12-17(22(5,6)26)18(28)27(10)11)23(7,8)24(9,15-21(3,4)25)19(29)31-14-16-13-30-16/h16-17H,12-15,25-26H2,1-11H3. The summed E-state index contributed by atoms with van der Waals surface area (Å²) in [4.78, 5) is 28.1. The molecule has 0 radical (unpaired) electrons. The normalized spacial score (nSPS) is 20.6. The van der Waals surface area contributed by atoms with Gasteiger partial charge >= 0.3 is 5.97 Å². The van der Waals surface area contributed by atoms with Gasteiger partial charge < -0.3 is 25.8 Å². The van der Waals surface area contributed by atoms with E-state index in [1.54, 1.807) is 19.0 Å². The predicted molar refractivity (Wildman–Crippen MR) is 124 cm³/mol. The fourth-order valence-electron chi connectivity index (χ4n) is 4.44. The number of hydrogen-bond acceptors (Lipinski definition) is 6. The molecule has 0 aliphatic carbocycles. The van der Waals surface area contributed by atoms with Crippen molar-refractivity contribution >= 4 is 11.9 Å². The molecule has 1 saturated heterocycles. The first-order chi connectivity index (χ1) is 13.7. The fraction of sp³-hybridized carbons (Fsp3) is 0.917. The Morgan fingerprint density at radius 3 is 1.87 bits per heavy atom. The lowest BCUT2D eigenvalue weighted by molar-refractivity contribution is -0.174. The van der Waals surface area contributed by atoms with Gasteiger partial charge in [-0.05, 0) is 58.3 Å². The molecule has 7 heteroatoms. The van der Waals surface area contributed by atoms with Gasteiger partial charge in [-0.25, -0.2) is 0 Å². The fourth-order valence-corrected chi connectivity index (χ4v) is 4.44. The molecule has 0 bridgehead atoms. The summed E-state index contributed by atoms with van der Waals surface area (Å²) in [6.07, 6.45) is 0.967. The molecular formula is C24H47N3O4. The Labute approximate surface area is 189 Å². The van der Waals surface area contributed by atoms with Crippen molar-refractivity contribution in [2.45, 2.75) is 92.3 Å². The van der Waals surface area contributed by atoms with Gasteiger partial charge in [-0.3, -0.25) is 9.59 Å². The van der Waals surface area contributed by atoms with Crippen molar-refractivity contribution in [1.82, 2.24) is 4.90 Å². The summed E-state index contributed by atoms with van der Waals surface area (Å²) >= 11 is 0. The van der Waals surface area contributed by atoms with Crippen LogP contribution in [0.3, 0.4) is 0 Å². The summed E-state index contributed by atoms with van der Waals surface area (Å²) in [7, 11) is 3.50. The van der Waals surface area contributed by atoms with Crippen LogP contribution in [0.5, 0.6) is 0 Å². The monoisotopic (exact) mass is 441 g/mol. The molecule has 1 heterocycles. The van der Waals surface area contributed by atoms with Crippen LogP contribution in [0.2, 0.25) is 0 Å². The van der Waals surface area contributed by atoms with Crippen LogP contribution in [-0.4, -0.2) is 61.3 Å². The highest BCUT2D eigenvalue weighted by molar-refractivity contribution is 5.80. The second-order valence-electron chi connectivity index (χ2n) is 12.4. The lowest BCUT2D eigenvalue weighted by Crippen LogP contribution is -2.58. The molecule has 7 nitrogen and oxygen atoms in total. The van der Waals surface area contributed by atoms with Crippen LogP contribution >= 0.6 is 0 Å². The van der Waals surface area contributed by atoms with Crippen molar-refractivity contribution < 1.29 is 19.1 Å². The minimum absolute atomic E-state index is 0.00431. The smallest absolute Gasteiger partial charge is 0.312 e. The van der Waals surface area contributed by atoms with Gasteiger partial charge in [0.15, 0.2) is 0 Å². The lowest BCUT2D eigenvalue weighted by Gasteiger charge is -2.55. The highest BCUT2D eigenvalue weighted by atomic mass is 16.6. The second-order valence-corrected chi connectivity index (χ2v) is 12.4. The van der Waals surface area contributed by atoms with Gasteiger partial charge in [0, 0.05) is 25.2 Å². The highest BCUT2D eigenvalue weighted by Gasteiger charge is 2.58. The molecule has 1 rings (SSSR count). The summed E-state index contributed by atoms with van der Waals surface area (Å²) in [5, 5.41) is 0. The largest absolute Gasteiger partial charge is 0.462 e. The molecule has 3 unspecified atom stereocenters. The van der Waals surface area contributed by atoms with E-state index in [4.69, 9.17) is 20.9 Å². The Morgan fingerprint density at radius 1 is 1.03 bits per heavy atom.